The smallest absolute Gasteiger partial charge is 0.374 e. The molecule has 0 aliphatic heterocycles. The van der Waals surface area contributed by atoms with Gasteiger partial charge in [-0.15, -0.1) is 0 Å². The normalized spacial score (nSPS) is 10.1. The van der Waals surface area contributed by atoms with Gasteiger partial charge in [0.15, 0.2) is 11.3 Å². The molecule has 0 amide bonds. The lowest BCUT2D eigenvalue weighted by atomic mass is 10.1. The van der Waals surface area contributed by atoms with Crippen LogP contribution in [0.4, 0.5) is 0 Å². The third kappa shape index (κ3) is 3.27. The van der Waals surface area contributed by atoms with Crippen LogP contribution in [0, 0.1) is 0 Å². The van der Waals surface area contributed by atoms with Crippen molar-refractivity contribution in [2.24, 2.45) is 0 Å². The van der Waals surface area contributed by atoms with Crippen molar-refractivity contribution < 1.29 is 23.5 Å². The largest absolute Gasteiger partial charge is 0.496 e. The molecule has 0 radical (unpaired) electrons. The average molecular weight is 339 g/mol. The van der Waals surface area contributed by atoms with Crippen molar-refractivity contribution in [2.75, 3.05) is 13.7 Å². The molecule has 0 spiro atoms. The van der Waals surface area contributed by atoms with Crippen LogP contribution < -0.4 is 4.74 Å². The number of furan rings is 1. The minimum Gasteiger partial charge on any atom is -0.496 e. The second-order valence-electron chi connectivity index (χ2n) is 3.80. The van der Waals surface area contributed by atoms with E-state index in [1.807, 2.05) is 0 Å². The molecule has 0 aliphatic rings. The maximum atomic E-state index is 12.0. The maximum absolute atomic E-state index is 12.0. The number of Topliss-reactive ketones (excluding diaryl/α,β-unsaturated/α-hetero) is 1. The van der Waals surface area contributed by atoms with Gasteiger partial charge in [0.1, 0.15) is 5.75 Å². The molecule has 20 heavy (non-hydrogen) atoms. The van der Waals surface area contributed by atoms with Crippen LogP contribution in [0.25, 0.3) is 0 Å². The molecule has 0 atom stereocenters. The number of ether oxygens (including phenoxy) is 2. The fraction of sp³-hybridized carbons (Fsp3) is 0.143. The SMILES string of the molecule is COc1ccccc1C(=O)COC(=O)c1ccc(Br)o1. The number of carbonyl (C=O) groups excluding carboxylic acids is 2. The van der Waals surface area contributed by atoms with Crippen LogP contribution in [0.2, 0.25) is 0 Å². The summed E-state index contributed by atoms with van der Waals surface area (Å²) in [5.74, 6) is -0.570. The van der Waals surface area contributed by atoms with Crippen molar-refractivity contribution in [3.8, 4) is 5.75 Å². The zero-order valence-corrected chi connectivity index (χ0v) is 12.2. The lowest BCUT2D eigenvalue weighted by molar-refractivity contribution is 0.0442. The van der Waals surface area contributed by atoms with E-state index in [1.165, 1.54) is 13.2 Å². The molecule has 0 saturated carbocycles. The van der Waals surface area contributed by atoms with Gasteiger partial charge < -0.3 is 13.9 Å². The predicted molar refractivity (Wildman–Crippen MR) is 74.0 cm³/mol. The standard InChI is InChI=1S/C14H11BrO5/c1-18-11-5-3-2-4-9(11)10(16)8-19-14(17)12-6-7-13(15)20-12/h2-7H,8H2,1H3. The predicted octanol–water partition coefficient (Wildman–Crippen LogP) is 3.09. The molecule has 1 heterocycles. The number of hydrogen-bond donors (Lipinski definition) is 0. The summed E-state index contributed by atoms with van der Waals surface area (Å²) in [6.45, 7) is -0.377. The van der Waals surface area contributed by atoms with Gasteiger partial charge in [-0.25, -0.2) is 4.79 Å². The molecule has 1 aromatic carbocycles. The van der Waals surface area contributed by atoms with Crippen molar-refractivity contribution in [3.05, 3.63) is 52.4 Å². The first kappa shape index (κ1) is 14.3. The molecule has 2 aromatic rings. The number of halogens is 1. The molecular weight excluding hydrogens is 328 g/mol. The molecular formula is C14H11BrO5. The summed E-state index contributed by atoms with van der Waals surface area (Å²) in [5, 5.41) is 0. The number of hydrogen-bond acceptors (Lipinski definition) is 5. The third-order valence-corrected chi connectivity index (χ3v) is 2.94. The summed E-state index contributed by atoms with van der Waals surface area (Å²) < 4.78 is 15.4. The van der Waals surface area contributed by atoms with Crippen molar-refractivity contribution in [3.63, 3.8) is 0 Å². The zero-order valence-electron chi connectivity index (χ0n) is 10.6. The fourth-order valence-electron chi connectivity index (χ4n) is 1.58. The summed E-state index contributed by atoms with van der Waals surface area (Å²) in [6, 6.07) is 9.76. The van der Waals surface area contributed by atoms with Gasteiger partial charge in [0, 0.05) is 0 Å². The van der Waals surface area contributed by atoms with E-state index in [1.54, 1.807) is 30.3 Å². The van der Waals surface area contributed by atoms with Crippen LogP contribution in [0.3, 0.4) is 0 Å². The minimum atomic E-state index is -0.695. The molecule has 0 bridgehead atoms. The minimum absolute atomic E-state index is 0.0321. The van der Waals surface area contributed by atoms with Gasteiger partial charge in [-0.3, -0.25) is 4.79 Å². The molecule has 104 valence electrons. The Morgan fingerprint density at radius 1 is 1.20 bits per heavy atom. The summed E-state index contributed by atoms with van der Waals surface area (Å²) >= 11 is 3.08. The van der Waals surface area contributed by atoms with E-state index < -0.39 is 5.97 Å². The number of benzene rings is 1. The molecule has 1 aromatic heterocycles. The second kappa shape index (κ2) is 6.38. The van der Waals surface area contributed by atoms with Crippen molar-refractivity contribution in [2.45, 2.75) is 0 Å². The van der Waals surface area contributed by atoms with E-state index >= 15 is 0 Å². The van der Waals surface area contributed by atoms with Crippen LogP contribution in [0.1, 0.15) is 20.9 Å². The molecule has 5 nitrogen and oxygen atoms in total. The van der Waals surface area contributed by atoms with E-state index in [2.05, 4.69) is 15.9 Å². The highest BCUT2D eigenvalue weighted by atomic mass is 79.9. The summed E-state index contributed by atoms with van der Waals surface area (Å²) in [6.07, 6.45) is 0. The van der Waals surface area contributed by atoms with E-state index in [-0.39, 0.29) is 18.2 Å². The molecule has 0 saturated heterocycles. The van der Waals surface area contributed by atoms with Gasteiger partial charge in [0.05, 0.1) is 12.7 Å². The van der Waals surface area contributed by atoms with E-state index in [0.29, 0.717) is 16.0 Å². The average Bonchev–Trinajstić information content (AvgIpc) is 2.91. The van der Waals surface area contributed by atoms with Crippen LogP contribution in [0.15, 0.2) is 45.5 Å². The molecule has 6 heteroatoms. The Labute approximate surface area is 123 Å². The number of carbonyl (C=O) groups is 2. The van der Waals surface area contributed by atoms with Crippen LogP contribution in [0.5, 0.6) is 5.75 Å². The number of esters is 1. The van der Waals surface area contributed by atoms with E-state index in [4.69, 9.17) is 13.9 Å². The van der Waals surface area contributed by atoms with Gasteiger partial charge in [0.25, 0.3) is 0 Å². The quantitative estimate of drug-likeness (QED) is 0.619. The second-order valence-corrected chi connectivity index (χ2v) is 4.58. The van der Waals surface area contributed by atoms with Crippen molar-refractivity contribution >= 4 is 27.7 Å². The molecule has 0 N–H and O–H groups in total. The van der Waals surface area contributed by atoms with Gasteiger partial charge in [-0.1, -0.05) is 12.1 Å². The van der Waals surface area contributed by atoms with E-state index in [0.717, 1.165) is 0 Å². The van der Waals surface area contributed by atoms with Crippen molar-refractivity contribution in [1.29, 1.82) is 0 Å². The summed E-state index contributed by atoms with van der Waals surface area (Å²) in [4.78, 5) is 23.6. The molecule has 0 unspecified atom stereocenters. The molecule has 0 aliphatic carbocycles. The van der Waals surface area contributed by atoms with Crippen LogP contribution in [-0.2, 0) is 4.74 Å². The Morgan fingerprint density at radius 3 is 2.60 bits per heavy atom. The van der Waals surface area contributed by atoms with Gasteiger partial charge in [-0.05, 0) is 40.2 Å². The maximum Gasteiger partial charge on any atom is 0.374 e. The van der Waals surface area contributed by atoms with Crippen molar-refractivity contribution in [1.82, 2.24) is 0 Å². The molecule has 2 rings (SSSR count). The first-order valence-electron chi connectivity index (χ1n) is 5.70. The highest BCUT2D eigenvalue weighted by Gasteiger charge is 2.17. The van der Waals surface area contributed by atoms with Crippen LogP contribution in [-0.4, -0.2) is 25.5 Å². The highest BCUT2D eigenvalue weighted by Crippen LogP contribution is 2.18. The monoisotopic (exact) mass is 338 g/mol. The number of para-hydroxylation sites is 1. The fourth-order valence-corrected chi connectivity index (χ4v) is 1.89. The topological polar surface area (TPSA) is 65.7 Å². The zero-order chi connectivity index (χ0) is 14.5. The highest BCUT2D eigenvalue weighted by molar-refractivity contribution is 9.10. The lowest BCUT2D eigenvalue weighted by Crippen LogP contribution is -2.14. The Balaban J connectivity index is 2.00. The number of rotatable bonds is 5. The third-order valence-electron chi connectivity index (χ3n) is 2.52. The van der Waals surface area contributed by atoms with Crippen LogP contribution >= 0.6 is 15.9 Å². The van der Waals surface area contributed by atoms with Gasteiger partial charge >= 0.3 is 5.97 Å². The molecule has 0 fully saturated rings. The summed E-state index contributed by atoms with van der Waals surface area (Å²) in [5.41, 5.74) is 0.364. The Bertz CT molecular complexity index is 632. The first-order valence-corrected chi connectivity index (χ1v) is 6.50. The number of methoxy groups -OCH3 is 1. The van der Waals surface area contributed by atoms with Gasteiger partial charge in [0.2, 0.25) is 11.5 Å². The first-order chi connectivity index (χ1) is 9.61. The number of ketones is 1. The summed E-state index contributed by atoms with van der Waals surface area (Å²) in [7, 11) is 1.47. The Kier molecular flexibility index (Phi) is 4.57. The Morgan fingerprint density at radius 2 is 1.95 bits per heavy atom. The lowest BCUT2D eigenvalue weighted by Gasteiger charge is -2.07. The van der Waals surface area contributed by atoms with E-state index in [9.17, 15) is 9.59 Å². The Hall–Kier alpha value is -2.08. The van der Waals surface area contributed by atoms with Gasteiger partial charge in [-0.2, -0.15) is 0 Å².